The lowest BCUT2D eigenvalue weighted by Crippen LogP contribution is -2.23. The first-order valence-corrected chi connectivity index (χ1v) is 19.5. The van der Waals surface area contributed by atoms with E-state index in [0.29, 0.717) is 0 Å². The average molecular weight is 700 g/mol. The second kappa shape index (κ2) is 14.5. The third-order valence-electron chi connectivity index (χ3n) is 11.5. The summed E-state index contributed by atoms with van der Waals surface area (Å²) in [6.45, 7) is 11.6. The van der Waals surface area contributed by atoms with Crippen molar-refractivity contribution in [1.29, 1.82) is 0 Å². The van der Waals surface area contributed by atoms with Crippen LogP contribution in [0.2, 0.25) is 0 Å². The second-order valence-electron chi connectivity index (χ2n) is 15.6. The van der Waals surface area contributed by atoms with E-state index in [0.717, 1.165) is 24.2 Å². The molecule has 8 rings (SSSR count). The quantitative estimate of drug-likeness (QED) is 0.136. The van der Waals surface area contributed by atoms with Gasteiger partial charge in [0, 0.05) is 22.5 Å². The summed E-state index contributed by atoms with van der Waals surface area (Å²) in [6, 6.07) is 62.3. The molecule has 0 bridgehead atoms. The summed E-state index contributed by atoms with van der Waals surface area (Å²) in [5, 5.41) is 0. The van der Waals surface area contributed by atoms with Crippen LogP contribution in [0.5, 0.6) is 0 Å². The Bertz CT molecular complexity index is 2370. The Morgan fingerprint density at radius 1 is 0.463 bits per heavy atom. The van der Waals surface area contributed by atoms with E-state index in [-0.39, 0.29) is 10.8 Å². The Labute approximate surface area is 322 Å². The van der Waals surface area contributed by atoms with Crippen molar-refractivity contribution in [3.8, 4) is 33.4 Å². The lowest BCUT2D eigenvalue weighted by Gasteiger charge is -2.32. The summed E-state index contributed by atoms with van der Waals surface area (Å²) in [7, 11) is 0. The van der Waals surface area contributed by atoms with Crippen LogP contribution in [-0.4, -0.2) is 0 Å². The highest BCUT2D eigenvalue weighted by atomic mass is 15.1. The molecule has 0 atom stereocenters. The molecule has 0 saturated heterocycles. The maximum Gasteiger partial charge on any atom is 0.0465 e. The number of nitrogens with zero attached hydrogens (tertiary/aromatic N) is 1. The Kier molecular flexibility index (Phi) is 9.42. The van der Waals surface area contributed by atoms with Crippen molar-refractivity contribution in [3.05, 3.63) is 198 Å². The molecule has 0 saturated carbocycles. The SMILES string of the molecule is CCC1(CC)c2cc(/C=C/c3ccc(-c4cccc(C(C)(C)C)c4-c4ccccc4)cc3)ccc2-c2ccc(N(c3ccccc3)c3ccccc3)cc21. The number of benzene rings is 7. The van der Waals surface area contributed by atoms with Gasteiger partial charge in [0.25, 0.3) is 0 Å². The van der Waals surface area contributed by atoms with Crippen LogP contribution in [0.3, 0.4) is 0 Å². The summed E-state index contributed by atoms with van der Waals surface area (Å²) in [5.41, 5.74) is 18.0. The van der Waals surface area contributed by atoms with Gasteiger partial charge in [-0.15, -0.1) is 0 Å². The molecule has 54 heavy (non-hydrogen) atoms. The topological polar surface area (TPSA) is 3.24 Å². The van der Waals surface area contributed by atoms with Gasteiger partial charge >= 0.3 is 0 Å². The van der Waals surface area contributed by atoms with Gasteiger partial charge < -0.3 is 4.90 Å². The van der Waals surface area contributed by atoms with Crippen molar-refractivity contribution in [1.82, 2.24) is 0 Å². The van der Waals surface area contributed by atoms with Crippen molar-refractivity contribution in [2.45, 2.75) is 58.3 Å². The van der Waals surface area contributed by atoms with E-state index in [4.69, 9.17) is 0 Å². The van der Waals surface area contributed by atoms with E-state index in [9.17, 15) is 0 Å². The molecule has 0 heterocycles. The normalized spacial score (nSPS) is 13.1. The minimum atomic E-state index is -0.0523. The predicted molar refractivity (Wildman–Crippen MR) is 233 cm³/mol. The zero-order valence-electron chi connectivity index (χ0n) is 32.2. The van der Waals surface area contributed by atoms with Crippen LogP contribution < -0.4 is 4.90 Å². The molecule has 0 aliphatic heterocycles. The van der Waals surface area contributed by atoms with Crippen molar-refractivity contribution in [2.24, 2.45) is 0 Å². The van der Waals surface area contributed by atoms with Crippen molar-refractivity contribution in [2.75, 3.05) is 4.90 Å². The molecule has 0 spiro atoms. The molecule has 0 amide bonds. The zero-order chi connectivity index (χ0) is 37.3. The molecule has 0 aromatic heterocycles. The molecule has 1 heteroatoms. The first kappa shape index (κ1) is 35.1. The molecule has 266 valence electrons. The van der Waals surface area contributed by atoms with Gasteiger partial charge in [-0.25, -0.2) is 0 Å². The van der Waals surface area contributed by atoms with E-state index in [2.05, 4.69) is 222 Å². The summed E-state index contributed by atoms with van der Waals surface area (Å²) < 4.78 is 0. The highest BCUT2D eigenvalue weighted by molar-refractivity contribution is 5.89. The Morgan fingerprint density at radius 2 is 1.00 bits per heavy atom. The third kappa shape index (κ3) is 6.39. The van der Waals surface area contributed by atoms with Crippen LogP contribution in [0.4, 0.5) is 17.1 Å². The second-order valence-corrected chi connectivity index (χ2v) is 15.6. The fourth-order valence-electron chi connectivity index (χ4n) is 8.66. The van der Waals surface area contributed by atoms with Crippen LogP contribution in [0.15, 0.2) is 170 Å². The number of anilines is 3. The summed E-state index contributed by atoms with van der Waals surface area (Å²) in [6.07, 6.45) is 6.62. The first-order valence-electron chi connectivity index (χ1n) is 19.5. The van der Waals surface area contributed by atoms with Gasteiger partial charge in [-0.3, -0.25) is 0 Å². The van der Waals surface area contributed by atoms with E-state index in [1.807, 2.05) is 0 Å². The Hall–Kier alpha value is -5.92. The highest BCUT2D eigenvalue weighted by Gasteiger charge is 2.41. The molecule has 0 N–H and O–H groups in total. The van der Waals surface area contributed by atoms with Crippen LogP contribution in [-0.2, 0) is 10.8 Å². The largest absolute Gasteiger partial charge is 0.310 e. The van der Waals surface area contributed by atoms with Crippen molar-refractivity contribution < 1.29 is 0 Å². The molecular weight excluding hydrogens is 651 g/mol. The Balaban J connectivity index is 1.11. The van der Waals surface area contributed by atoms with Crippen LogP contribution in [0.25, 0.3) is 45.5 Å². The fraction of sp³-hybridized carbons (Fsp3) is 0.170. The molecular formula is C53H49N. The van der Waals surface area contributed by atoms with Gasteiger partial charge in [-0.05, 0) is 116 Å². The highest BCUT2D eigenvalue weighted by Crippen LogP contribution is 2.54. The molecule has 1 aliphatic rings. The van der Waals surface area contributed by atoms with Gasteiger partial charge in [-0.1, -0.05) is 180 Å². The zero-order valence-corrected chi connectivity index (χ0v) is 32.2. The van der Waals surface area contributed by atoms with E-state index in [1.54, 1.807) is 0 Å². The van der Waals surface area contributed by atoms with E-state index in [1.165, 1.54) is 66.9 Å². The third-order valence-corrected chi connectivity index (χ3v) is 11.5. The molecule has 1 aliphatic carbocycles. The summed E-state index contributed by atoms with van der Waals surface area (Å²) in [4.78, 5) is 2.38. The van der Waals surface area contributed by atoms with Gasteiger partial charge in [0.15, 0.2) is 0 Å². The predicted octanol–water partition coefficient (Wildman–Crippen LogP) is 15.0. The maximum absolute atomic E-state index is 2.46. The van der Waals surface area contributed by atoms with Crippen LogP contribution >= 0.6 is 0 Å². The van der Waals surface area contributed by atoms with Crippen molar-refractivity contribution >= 4 is 29.2 Å². The van der Waals surface area contributed by atoms with Crippen LogP contribution in [0, 0.1) is 0 Å². The van der Waals surface area contributed by atoms with Crippen LogP contribution in [0.1, 0.15) is 75.3 Å². The Morgan fingerprint density at radius 3 is 1.59 bits per heavy atom. The van der Waals surface area contributed by atoms with E-state index < -0.39 is 0 Å². The molecule has 7 aromatic rings. The smallest absolute Gasteiger partial charge is 0.0465 e. The van der Waals surface area contributed by atoms with Crippen molar-refractivity contribution in [3.63, 3.8) is 0 Å². The molecule has 7 aromatic carbocycles. The average Bonchev–Trinajstić information content (AvgIpc) is 3.49. The number of fused-ring (bicyclic) bond motifs is 3. The minimum Gasteiger partial charge on any atom is -0.310 e. The molecule has 1 nitrogen and oxygen atoms in total. The van der Waals surface area contributed by atoms with E-state index >= 15 is 0 Å². The number of rotatable bonds is 9. The number of para-hydroxylation sites is 2. The minimum absolute atomic E-state index is 0.0290. The molecule has 0 unspecified atom stereocenters. The molecule has 0 fully saturated rings. The number of hydrogen-bond donors (Lipinski definition) is 0. The number of hydrogen-bond acceptors (Lipinski definition) is 1. The fourth-order valence-corrected chi connectivity index (χ4v) is 8.66. The summed E-state index contributed by atoms with van der Waals surface area (Å²) in [5.74, 6) is 0. The summed E-state index contributed by atoms with van der Waals surface area (Å²) >= 11 is 0. The molecule has 0 radical (unpaired) electrons. The van der Waals surface area contributed by atoms with Gasteiger partial charge in [0.1, 0.15) is 0 Å². The lowest BCUT2D eigenvalue weighted by atomic mass is 9.73. The maximum atomic E-state index is 2.46. The lowest BCUT2D eigenvalue weighted by molar-refractivity contribution is 0.490. The standard InChI is InChI=1S/C53H49N/c1-6-53(7-2)49-36-39(27-26-38-28-31-40(32-29-38)45-24-17-25-48(52(3,4)5)51(45)41-18-11-8-12-19-41)30-34-46(49)47-35-33-44(37-50(47)53)54(42-20-13-9-14-21-42)43-22-15-10-16-23-43/h8-37H,6-7H2,1-5H3/b27-26+. The monoisotopic (exact) mass is 699 g/mol. The van der Waals surface area contributed by atoms with Gasteiger partial charge in [0.05, 0.1) is 0 Å². The van der Waals surface area contributed by atoms with Gasteiger partial charge in [-0.2, -0.15) is 0 Å². The first-order chi connectivity index (χ1) is 26.3. The van der Waals surface area contributed by atoms with Gasteiger partial charge in [0.2, 0.25) is 0 Å².